The van der Waals surface area contributed by atoms with E-state index in [9.17, 15) is 4.39 Å². The molecule has 2 rings (SSSR count). The molecule has 1 saturated carbocycles. The monoisotopic (exact) mass is 252 g/mol. The van der Waals surface area contributed by atoms with E-state index >= 15 is 0 Å². The molecule has 18 heavy (non-hydrogen) atoms. The van der Waals surface area contributed by atoms with Gasteiger partial charge in [0.15, 0.2) is 5.82 Å². The number of hydrogen-bond acceptors (Lipinski definition) is 3. The Morgan fingerprint density at radius 1 is 1.44 bits per heavy atom. The van der Waals surface area contributed by atoms with Crippen LogP contribution in [0.1, 0.15) is 44.6 Å². The van der Waals surface area contributed by atoms with Crippen molar-refractivity contribution < 1.29 is 9.13 Å². The Bertz CT molecular complexity index is 380. The van der Waals surface area contributed by atoms with Gasteiger partial charge in [0, 0.05) is 24.3 Å². The number of pyridine rings is 1. The first kappa shape index (κ1) is 13.3. The van der Waals surface area contributed by atoms with Crippen LogP contribution in [0.2, 0.25) is 0 Å². The summed E-state index contributed by atoms with van der Waals surface area (Å²) < 4.78 is 19.4. The van der Waals surface area contributed by atoms with E-state index in [1.54, 1.807) is 12.3 Å². The second kappa shape index (κ2) is 6.69. The van der Waals surface area contributed by atoms with E-state index in [4.69, 9.17) is 4.74 Å². The lowest BCUT2D eigenvalue weighted by Gasteiger charge is -2.09. The number of rotatable bonds is 8. The largest absolute Gasteiger partial charge is 0.476 e. The first-order chi connectivity index (χ1) is 8.81. The van der Waals surface area contributed by atoms with Crippen LogP contribution >= 0.6 is 0 Å². The molecule has 4 heteroatoms. The zero-order valence-electron chi connectivity index (χ0n) is 10.9. The van der Waals surface area contributed by atoms with Gasteiger partial charge in [0.25, 0.3) is 5.88 Å². The molecule has 1 fully saturated rings. The predicted molar refractivity (Wildman–Crippen MR) is 69.1 cm³/mol. The van der Waals surface area contributed by atoms with Crippen molar-refractivity contribution in [3.63, 3.8) is 0 Å². The van der Waals surface area contributed by atoms with Crippen LogP contribution in [0.15, 0.2) is 12.3 Å². The van der Waals surface area contributed by atoms with Crippen molar-refractivity contribution in [1.82, 2.24) is 10.3 Å². The third kappa shape index (κ3) is 3.95. The second-order valence-electron chi connectivity index (χ2n) is 4.80. The highest BCUT2D eigenvalue weighted by atomic mass is 19.1. The van der Waals surface area contributed by atoms with E-state index in [0.717, 1.165) is 19.3 Å². The van der Waals surface area contributed by atoms with E-state index in [1.807, 2.05) is 0 Å². The van der Waals surface area contributed by atoms with Crippen molar-refractivity contribution in [3.8, 4) is 5.88 Å². The Kier molecular flexibility index (Phi) is 4.93. The van der Waals surface area contributed by atoms with E-state index in [0.29, 0.717) is 24.8 Å². The van der Waals surface area contributed by atoms with E-state index in [2.05, 4.69) is 17.2 Å². The minimum atomic E-state index is -0.317. The summed E-state index contributed by atoms with van der Waals surface area (Å²) in [7, 11) is 0. The summed E-state index contributed by atoms with van der Waals surface area (Å²) in [4.78, 5) is 3.95. The number of nitrogens with zero attached hydrogens (tertiary/aromatic N) is 1. The molecule has 0 amide bonds. The highest BCUT2D eigenvalue weighted by Gasteiger charge is 2.21. The summed E-state index contributed by atoms with van der Waals surface area (Å²) in [5.74, 6) is -0.177. The second-order valence-corrected chi connectivity index (χ2v) is 4.80. The highest BCUT2D eigenvalue weighted by molar-refractivity contribution is 5.23. The van der Waals surface area contributed by atoms with Crippen LogP contribution in [0.25, 0.3) is 0 Å². The zero-order chi connectivity index (χ0) is 12.8. The maximum Gasteiger partial charge on any atom is 0.250 e. The first-order valence-electron chi connectivity index (χ1n) is 6.80. The van der Waals surface area contributed by atoms with Gasteiger partial charge in [-0.15, -0.1) is 0 Å². The van der Waals surface area contributed by atoms with Gasteiger partial charge >= 0.3 is 0 Å². The van der Waals surface area contributed by atoms with Crippen LogP contribution in [0.3, 0.4) is 0 Å². The molecule has 0 aromatic carbocycles. The molecule has 100 valence electrons. The van der Waals surface area contributed by atoms with Crippen LogP contribution < -0.4 is 10.1 Å². The van der Waals surface area contributed by atoms with Crippen molar-refractivity contribution in [2.75, 3.05) is 6.61 Å². The number of unbranched alkanes of at least 4 members (excludes halogenated alkanes) is 2. The Hall–Kier alpha value is -1.16. The number of aromatic nitrogens is 1. The molecule has 1 aliphatic carbocycles. The quantitative estimate of drug-likeness (QED) is 0.722. The summed E-state index contributed by atoms with van der Waals surface area (Å²) in [5, 5.41) is 3.29. The molecule has 1 aliphatic rings. The SMILES string of the molecule is CCCCCOc1nccc(CNC2CC2)c1F. The fourth-order valence-corrected chi connectivity index (χ4v) is 1.76. The van der Waals surface area contributed by atoms with Gasteiger partial charge in [-0.3, -0.25) is 0 Å². The fourth-order valence-electron chi connectivity index (χ4n) is 1.76. The first-order valence-corrected chi connectivity index (χ1v) is 6.80. The average Bonchev–Trinajstić information content (AvgIpc) is 3.19. The van der Waals surface area contributed by atoms with Crippen molar-refractivity contribution in [3.05, 3.63) is 23.6 Å². The minimum Gasteiger partial charge on any atom is -0.476 e. The highest BCUT2D eigenvalue weighted by Crippen LogP contribution is 2.21. The summed E-state index contributed by atoms with van der Waals surface area (Å²) in [6.07, 6.45) is 7.19. The topological polar surface area (TPSA) is 34.1 Å². The summed E-state index contributed by atoms with van der Waals surface area (Å²) in [6, 6.07) is 2.29. The van der Waals surface area contributed by atoms with Crippen LogP contribution in [0.4, 0.5) is 4.39 Å². The van der Waals surface area contributed by atoms with Crippen LogP contribution in [-0.2, 0) is 6.54 Å². The Labute approximate surface area is 108 Å². The lowest BCUT2D eigenvalue weighted by molar-refractivity contribution is 0.278. The third-order valence-corrected chi connectivity index (χ3v) is 3.08. The lowest BCUT2D eigenvalue weighted by atomic mass is 10.2. The van der Waals surface area contributed by atoms with E-state index in [-0.39, 0.29) is 11.7 Å². The van der Waals surface area contributed by atoms with E-state index in [1.165, 1.54) is 12.8 Å². The maximum atomic E-state index is 14.0. The molecule has 1 N–H and O–H groups in total. The minimum absolute atomic E-state index is 0.140. The molecule has 0 aliphatic heterocycles. The summed E-state index contributed by atoms with van der Waals surface area (Å²) in [6.45, 7) is 3.23. The van der Waals surface area contributed by atoms with Gasteiger partial charge in [0.1, 0.15) is 0 Å². The Balaban J connectivity index is 1.86. The molecule has 0 unspecified atom stereocenters. The Morgan fingerprint density at radius 2 is 2.28 bits per heavy atom. The predicted octanol–water partition coefficient (Wildman–Crippen LogP) is 3.04. The normalized spacial score (nSPS) is 14.8. The van der Waals surface area contributed by atoms with Crippen LogP contribution in [-0.4, -0.2) is 17.6 Å². The summed E-state index contributed by atoms with van der Waals surface area (Å²) >= 11 is 0. The standard InChI is InChI=1S/C14H21FN2O/c1-2-3-4-9-18-14-13(15)11(7-8-16-14)10-17-12-5-6-12/h7-8,12,17H,2-6,9-10H2,1H3. The van der Waals surface area contributed by atoms with Gasteiger partial charge in [0.2, 0.25) is 0 Å². The van der Waals surface area contributed by atoms with Gasteiger partial charge in [-0.25, -0.2) is 9.37 Å². The molecule has 0 saturated heterocycles. The van der Waals surface area contributed by atoms with Gasteiger partial charge in [-0.2, -0.15) is 0 Å². The molecule has 0 bridgehead atoms. The fraction of sp³-hybridized carbons (Fsp3) is 0.643. The van der Waals surface area contributed by atoms with Crippen molar-refractivity contribution in [2.24, 2.45) is 0 Å². The molecule has 0 spiro atoms. The molecule has 1 aromatic heterocycles. The van der Waals surface area contributed by atoms with Gasteiger partial charge in [0.05, 0.1) is 6.61 Å². The van der Waals surface area contributed by atoms with Crippen molar-refractivity contribution >= 4 is 0 Å². The van der Waals surface area contributed by atoms with E-state index < -0.39 is 0 Å². The van der Waals surface area contributed by atoms with Gasteiger partial charge in [-0.05, 0) is 25.3 Å². The number of ether oxygens (including phenoxy) is 1. The molecular weight excluding hydrogens is 231 g/mol. The lowest BCUT2D eigenvalue weighted by Crippen LogP contribution is -2.16. The molecule has 3 nitrogen and oxygen atoms in total. The summed E-state index contributed by atoms with van der Waals surface area (Å²) in [5.41, 5.74) is 0.641. The molecule has 1 heterocycles. The Morgan fingerprint density at radius 3 is 3.00 bits per heavy atom. The average molecular weight is 252 g/mol. The number of halogens is 1. The maximum absolute atomic E-state index is 14.0. The van der Waals surface area contributed by atoms with Crippen LogP contribution in [0.5, 0.6) is 5.88 Å². The van der Waals surface area contributed by atoms with Crippen molar-refractivity contribution in [2.45, 2.75) is 51.6 Å². The molecule has 0 atom stereocenters. The van der Waals surface area contributed by atoms with Crippen LogP contribution in [0, 0.1) is 5.82 Å². The van der Waals surface area contributed by atoms with Gasteiger partial charge in [-0.1, -0.05) is 19.8 Å². The molecule has 1 aromatic rings. The third-order valence-electron chi connectivity index (χ3n) is 3.08. The zero-order valence-corrected chi connectivity index (χ0v) is 10.9. The smallest absolute Gasteiger partial charge is 0.250 e. The molecule has 0 radical (unpaired) electrons. The van der Waals surface area contributed by atoms with Gasteiger partial charge < -0.3 is 10.1 Å². The number of hydrogen-bond donors (Lipinski definition) is 1. The number of nitrogens with one attached hydrogen (secondary N) is 1. The van der Waals surface area contributed by atoms with Crippen molar-refractivity contribution in [1.29, 1.82) is 0 Å². The molecular formula is C14H21FN2O.